The van der Waals surface area contributed by atoms with Crippen molar-refractivity contribution in [1.29, 1.82) is 0 Å². The zero-order valence-corrected chi connectivity index (χ0v) is 13.7. The largest absolute Gasteiger partial charge is 0.465 e. The number of carbonyl (C=O) groups excluding carboxylic acids is 2. The van der Waals surface area contributed by atoms with Crippen LogP contribution in [0.4, 0.5) is 5.69 Å². The second kappa shape index (κ2) is 7.24. The van der Waals surface area contributed by atoms with E-state index >= 15 is 0 Å². The van der Waals surface area contributed by atoms with Gasteiger partial charge in [0.05, 0.1) is 13.2 Å². The molecule has 23 heavy (non-hydrogen) atoms. The summed E-state index contributed by atoms with van der Waals surface area (Å²) in [6, 6.07) is 13.6. The van der Waals surface area contributed by atoms with E-state index in [1.54, 1.807) is 20.8 Å². The summed E-state index contributed by atoms with van der Waals surface area (Å²) >= 11 is 0. The normalized spacial score (nSPS) is 11.3. The van der Waals surface area contributed by atoms with E-state index in [4.69, 9.17) is 4.74 Å². The summed E-state index contributed by atoms with van der Waals surface area (Å²) in [6.07, 6.45) is 0. The summed E-state index contributed by atoms with van der Waals surface area (Å²) in [6.45, 7) is 5.47. The first-order chi connectivity index (χ1) is 10.9. The van der Waals surface area contributed by atoms with Crippen LogP contribution in [0.5, 0.6) is 0 Å². The zero-order valence-electron chi connectivity index (χ0n) is 13.7. The van der Waals surface area contributed by atoms with Gasteiger partial charge in [-0.2, -0.15) is 0 Å². The van der Waals surface area contributed by atoms with Crippen molar-refractivity contribution in [2.24, 2.45) is 0 Å². The topological polar surface area (TPSA) is 67.4 Å². The molecule has 0 aromatic heterocycles. The summed E-state index contributed by atoms with van der Waals surface area (Å²) in [5.74, 6) is -0.586. The Hall–Kier alpha value is -2.40. The van der Waals surface area contributed by atoms with E-state index in [9.17, 15) is 9.59 Å². The van der Waals surface area contributed by atoms with E-state index in [1.807, 2.05) is 42.5 Å². The number of anilines is 1. The van der Waals surface area contributed by atoms with Gasteiger partial charge in [0.1, 0.15) is 5.54 Å². The van der Waals surface area contributed by atoms with Gasteiger partial charge in [0.15, 0.2) is 0 Å². The third-order valence-corrected chi connectivity index (χ3v) is 3.54. The van der Waals surface area contributed by atoms with Crippen molar-refractivity contribution < 1.29 is 14.3 Å². The van der Waals surface area contributed by atoms with Crippen LogP contribution in [0.2, 0.25) is 0 Å². The molecule has 0 unspecified atom stereocenters. The minimum atomic E-state index is -0.911. The van der Waals surface area contributed by atoms with E-state index in [-0.39, 0.29) is 18.4 Å². The van der Waals surface area contributed by atoms with E-state index in [1.165, 1.54) is 0 Å². The molecular weight excluding hydrogens is 292 g/mol. The number of amides is 1. The van der Waals surface area contributed by atoms with Crippen molar-refractivity contribution in [3.8, 4) is 0 Å². The van der Waals surface area contributed by atoms with Gasteiger partial charge in [0.25, 0.3) is 0 Å². The second-order valence-corrected chi connectivity index (χ2v) is 5.77. The van der Waals surface area contributed by atoms with Gasteiger partial charge in [-0.25, -0.2) is 0 Å². The van der Waals surface area contributed by atoms with Crippen LogP contribution in [0.1, 0.15) is 20.8 Å². The summed E-state index contributed by atoms with van der Waals surface area (Å²) in [5.41, 5.74) is -0.157. The van der Waals surface area contributed by atoms with Crippen LogP contribution in [0.3, 0.4) is 0 Å². The number of esters is 1. The summed E-state index contributed by atoms with van der Waals surface area (Å²) < 4.78 is 4.98. The zero-order chi connectivity index (χ0) is 16.9. The van der Waals surface area contributed by atoms with Crippen LogP contribution >= 0.6 is 0 Å². The molecule has 2 rings (SSSR count). The molecule has 0 aliphatic rings. The predicted molar refractivity (Wildman–Crippen MR) is 91.3 cm³/mol. The number of fused-ring (bicyclic) bond motifs is 1. The number of nitrogens with one attached hydrogen (secondary N) is 2. The van der Waals surface area contributed by atoms with Gasteiger partial charge in [0, 0.05) is 11.1 Å². The van der Waals surface area contributed by atoms with Gasteiger partial charge in [-0.1, -0.05) is 36.4 Å². The molecule has 2 aromatic rings. The van der Waals surface area contributed by atoms with Gasteiger partial charge in [0.2, 0.25) is 5.91 Å². The monoisotopic (exact) mass is 314 g/mol. The molecule has 2 N–H and O–H groups in total. The quantitative estimate of drug-likeness (QED) is 0.805. The number of carbonyl (C=O) groups is 2. The molecule has 0 aliphatic carbocycles. The maximum absolute atomic E-state index is 12.2. The molecule has 0 fully saturated rings. The first kappa shape index (κ1) is 17.0. The Labute approximate surface area is 136 Å². The van der Waals surface area contributed by atoms with Crippen molar-refractivity contribution in [3.63, 3.8) is 0 Å². The van der Waals surface area contributed by atoms with Crippen molar-refractivity contribution >= 4 is 28.3 Å². The van der Waals surface area contributed by atoms with Crippen LogP contribution in [0.25, 0.3) is 10.8 Å². The Bertz CT molecular complexity index is 705. The van der Waals surface area contributed by atoms with E-state index in [2.05, 4.69) is 10.6 Å². The predicted octanol–water partition coefficient (Wildman–Crippen LogP) is 2.71. The highest BCUT2D eigenvalue weighted by atomic mass is 16.5. The van der Waals surface area contributed by atoms with Gasteiger partial charge >= 0.3 is 5.97 Å². The molecule has 122 valence electrons. The molecule has 0 saturated heterocycles. The number of hydrogen-bond acceptors (Lipinski definition) is 4. The minimum absolute atomic E-state index is 0.0229. The lowest BCUT2D eigenvalue weighted by Gasteiger charge is -2.23. The average molecular weight is 314 g/mol. The van der Waals surface area contributed by atoms with Gasteiger partial charge in [-0.3, -0.25) is 14.9 Å². The van der Waals surface area contributed by atoms with Crippen LogP contribution in [0.15, 0.2) is 42.5 Å². The molecule has 2 aromatic carbocycles. The van der Waals surface area contributed by atoms with E-state index < -0.39 is 5.54 Å². The molecule has 5 nitrogen and oxygen atoms in total. The Balaban J connectivity index is 2.01. The van der Waals surface area contributed by atoms with Gasteiger partial charge in [-0.05, 0) is 32.2 Å². The number of hydrogen-bond donors (Lipinski definition) is 2. The summed E-state index contributed by atoms with van der Waals surface area (Å²) in [4.78, 5) is 24.0. The molecule has 0 atom stereocenters. The number of rotatable bonds is 6. The molecule has 0 aliphatic heterocycles. The highest BCUT2D eigenvalue weighted by Gasteiger charge is 2.29. The maximum Gasteiger partial charge on any atom is 0.325 e. The molecule has 0 heterocycles. The molecule has 0 radical (unpaired) electrons. The van der Waals surface area contributed by atoms with Crippen molar-refractivity contribution in [2.75, 3.05) is 18.5 Å². The first-order valence-corrected chi connectivity index (χ1v) is 7.64. The minimum Gasteiger partial charge on any atom is -0.465 e. The molecule has 1 amide bonds. The maximum atomic E-state index is 12.2. The van der Waals surface area contributed by atoms with Crippen molar-refractivity contribution in [1.82, 2.24) is 5.32 Å². The average Bonchev–Trinajstić information content (AvgIpc) is 2.54. The molecule has 5 heteroatoms. The van der Waals surface area contributed by atoms with Crippen LogP contribution in [-0.4, -0.2) is 30.6 Å². The third kappa shape index (κ3) is 4.29. The fraction of sp³-hybridized carbons (Fsp3) is 0.333. The lowest BCUT2D eigenvalue weighted by Crippen LogP contribution is -2.50. The van der Waals surface area contributed by atoms with E-state index in [0.29, 0.717) is 6.61 Å². The smallest absolute Gasteiger partial charge is 0.325 e. The Morgan fingerprint density at radius 2 is 1.78 bits per heavy atom. The Morgan fingerprint density at radius 3 is 2.52 bits per heavy atom. The fourth-order valence-corrected chi connectivity index (χ4v) is 2.21. The third-order valence-electron chi connectivity index (χ3n) is 3.54. The summed E-state index contributed by atoms with van der Waals surface area (Å²) in [7, 11) is 0. The Morgan fingerprint density at radius 1 is 1.09 bits per heavy atom. The molecule has 0 bridgehead atoms. The second-order valence-electron chi connectivity index (χ2n) is 5.77. The Kier molecular flexibility index (Phi) is 5.34. The number of ether oxygens (including phenoxy) is 1. The lowest BCUT2D eigenvalue weighted by molar-refractivity contribution is -0.149. The first-order valence-electron chi connectivity index (χ1n) is 7.64. The lowest BCUT2D eigenvalue weighted by atomic mass is 10.1. The number of benzene rings is 2. The standard InChI is InChI=1S/C18H22N2O3/c1-4-23-17(22)18(2,3)19-12-16(21)20-15-11-7-9-13-8-5-6-10-14(13)15/h5-11,19H,4,12H2,1-3H3,(H,20,21). The van der Waals surface area contributed by atoms with Gasteiger partial charge < -0.3 is 10.1 Å². The van der Waals surface area contributed by atoms with Crippen LogP contribution in [-0.2, 0) is 14.3 Å². The van der Waals surface area contributed by atoms with E-state index in [0.717, 1.165) is 16.5 Å². The summed E-state index contributed by atoms with van der Waals surface area (Å²) in [5, 5.41) is 7.84. The molecule has 0 saturated carbocycles. The highest BCUT2D eigenvalue weighted by Crippen LogP contribution is 2.22. The molecular formula is C18H22N2O3. The van der Waals surface area contributed by atoms with Gasteiger partial charge in [-0.15, -0.1) is 0 Å². The van der Waals surface area contributed by atoms with Crippen molar-refractivity contribution in [2.45, 2.75) is 26.3 Å². The highest BCUT2D eigenvalue weighted by molar-refractivity contribution is 6.02. The molecule has 0 spiro atoms. The fourth-order valence-electron chi connectivity index (χ4n) is 2.21. The van der Waals surface area contributed by atoms with Crippen molar-refractivity contribution in [3.05, 3.63) is 42.5 Å². The van der Waals surface area contributed by atoms with Crippen LogP contribution < -0.4 is 10.6 Å². The SMILES string of the molecule is CCOC(=O)C(C)(C)NCC(=O)Nc1cccc2ccccc12. The van der Waals surface area contributed by atoms with Crippen LogP contribution in [0, 0.1) is 0 Å².